The van der Waals surface area contributed by atoms with Crippen LogP contribution in [0.3, 0.4) is 0 Å². The third-order valence-electron chi connectivity index (χ3n) is 3.06. The average molecular weight is 263 g/mol. The Morgan fingerprint density at radius 1 is 1.05 bits per heavy atom. The normalized spacial score (nSPS) is 11.8. The third-order valence-corrected chi connectivity index (χ3v) is 3.06. The number of hydrogen-bond donors (Lipinski definition) is 0. The maximum atomic E-state index is 12.4. The molecule has 0 saturated carbocycles. The third kappa shape index (κ3) is 2.23. The van der Waals surface area contributed by atoms with E-state index in [2.05, 4.69) is 10.3 Å². The summed E-state index contributed by atoms with van der Waals surface area (Å²) >= 11 is 0. The number of nitrogens with zero attached hydrogens (tertiary/aromatic N) is 3. The molecule has 2 aromatic carbocycles. The van der Waals surface area contributed by atoms with E-state index in [9.17, 15) is 4.79 Å². The molecule has 4 heteroatoms. The highest BCUT2D eigenvalue weighted by atomic mass is 16.2. The molecule has 0 saturated heterocycles. The zero-order valence-corrected chi connectivity index (χ0v) is 11.0. The first-order chi connectivity index (χ1) is 9.75. The number of carbonyl (C=O) groups excluding carboxylic acids is 1. The van der Waals surface area contributed by atoms with Gasteiger partial charge in [0.1, 0.15) is 5.52 Å². The van der Waals surface area contributed by atoms with Crippen molar-refractivity contribution in [2.24, 2.45) is 0 Å². The van der Waals surface area contributed by atoms with E-state index >= 15 is 0 Å². The van der Waals surface area contributed by atoms with Crippen LogP contribution in [0, 0.1) is 0 Å². The summed E-state index contributed by atoms with van der Waals surface area (Å²) in [5.74, 6) is -0.164. The van der Waals surface area contributed by atoms with Gasteiger partial charge in [-0.2, -0.15) is 4.68 Å². The van der Waals surface area contributed by atoms with Crippen LogP contribution in [0.2, 0.25) is 0 Å². The van der Waals surface area contributed by atoms with Crippen molar-refractivity contribution in [3.8, 4) is 0 Å². The van der Waals surface area contributed by atoms with Crippen molar-refractivity contribution in [2.45, 2.75) is 6.92 Å². The topological polar surface area (TPSA) is 47.8 Å². The van der Waals surface area contributed by atoms with Gasteiger partial charge in [-0.3, -0.25) is 4.79 Å². The molecule has 0 fully saturated rings. The predicted molar refractivity (Wildman–Crippen MR) is 78.2 cm³/mol. The van der Waals surface area contributed by atoms with Gasteiger partial charge in [-0.05, 0) is 30.7 Å². The van der Waals surface area contributed by atoms with Crippen molar-refractivity contribution in [3.63, 3.8) is 0 Å². The first-order valence-electron chi connectivity index (χ1n) is 6.34. The molecule has 0 N–H and O–H groups in total. The molecule has 0 atom stereocenters. The summed E-state index contributed by atoms with van der Waals surface area (Å²) in [4.78, 5) is 12.4. The van der Waals surface area contributed by atoms with Gasteiger partial charge in [0, 0.05) is 5.57 Å². The molecule has 0 radical (unpaired) electrons. The van der Waals surface area contributed by atoms with Crippen LogP contribution >= 0.6 is 0 Å². The maximum Gasteiger partial charge on any atom is 0.275 e. The smallest absolute Gasteiger partial charge is 0.267 e. The van der Waals surface area contributed by atoms with E-state index in [4.69, 9.17) is 0 Å². The van der Waals surface area contributed by atoms with Gasteiger partial charge in [0.15, 0.2) is 0 Å². The number of benzene rings is 2. The number of hydrogen-bond acceptors (Lipinski definition) is 3. The maximum absolute atomic E-state index is 12.4. The molecule has 0 aliphatic carbocycles. The van der Waals surface area contributed by atoms with E-state index < -0.39 is 0 Å². The molecular formula is C16H13N3O. The summed E-state index contributed by atoms with van der Waals surface area (Å²) in [6.07, 6.45) is 1.85. The van der Waals surface area contributed by atoms with E-state index in [0.29, 0.717) is 11.1 Å². The molecular weight excluding hydrogens is 250 g/mol. The van der Waals surface area contributed by atoms with E-state index in [0.717, 1.165) is 11.1 Å². The summed E-state index contributed by atoms with van der Waals surface area (Å²) in [6.45, 7) is 1.78. The summed E-state index contributed by atoms with van der Waals surface area (Å²) in [7, 11) is 0. The van der Waals surface area contributed by atoms with Crippen molar-refractivity contribution in [2.75, 3.05) is 0 Å². The number of para-hydroxylation sites is 1. The molecule has 0 aliphatic heterocycles. The molecule has 0 amide bonds. The van der Waals surface area contributed by atoms with Gasteiger partial charge in [0.05, 0.1) is 5.52 Å². The fourth-order valence-corrected chi connectivity index (χ4v) is 2.05. The highest BCUT2D eigenvalue weighted by molar-refractivity contribution is 6.02. The van der Waals surface area contributed by atoms with Crippen LogP contribution in [0.5, 0.6) is 0 Å². The van der Waals surface area contributed by atoms with Gasteiger partial charge in [-0.25, -0.2) is 0 Å². The van der Waals surface area contributed by atoms with Gasteiger partial charge >= 0.3 is 0 Å². The largest absolute Gasteiger partial charge is 0.275 e. The van der Waals surface area contributed by atoms with E-state index in [1.807, 2.05) is 60.7 Å². The Bertz CT molecular complexity index is 788. The second kappa shape index (κ2) is 5.09. The minimum atomic E-state index is -0.164. The average Bonchev–Trinajstić information content (AvgIpc) is 2.91. The van der Waals surface area contributed by atoms with Crippen molar-refractivity contribution < 1.29 is 4.79 Å². The molecule has 0 bridgehead atoms. The van der Waals surface area contributed by atoms with E-state index in [1.165, 1.54) is 4.68 Å². The Kier molecular flexibility index (Phi) is 3.13. The van der Waals surface area contributed by atoms with Crippen molar-refractivity contribution in [3.05, 3.63) is 65.7 Å². The van der Waals surface area contributed by atoms with Crippen molar-refractivity contribution >= 4 is 23.0 Å². The van der Waals surface area contributed by atoms with Gasteiger partial charge in [0.25, 0.3) is 5.91 Å². The predicted octanol–water partition coefficient (Wildman–Crippen LogP) is 3.18. The summed E-state index contributed by atoms with van der Waals surface area (Å²) in [6, 6.07) is 17.1. The second-order valence-electron chi connectivity index (χ2n) is 4.53. The molecule has 98 valence electrons. The molecule has 0 unspecified atom stereocenters. The van der Waals surface area contributed by atoms with Crippen LogP contribution in [0.4, 0.5) is 0 Å². The molecule has 3 rings (SSSR count). The Morgan fingerprint density at radius 3 is 2.55 bits per heavy atom. The molecule has 0 aliphatic rings. The molecule has 20 heavy (non-hydrogen) atoms. The Hall–Kier alpha value is -2.75. The minimum Gasteiger partial charge on any atom is -0.267 e. The van der Waals surface area contributed by atoms with Gasteiger partial charge < -0.3 is 0 Å². The minimum absolute atomic E-state index is 0.164. The summed E-state index contributed by atoms with van der Waals surface area (Å²) < 4.78 is 1.34. The summed E-state index contributed by atoms with van der Waals surface area (Å²) in [5.41, 5.74) is 3.04. The SMILES string of the molecule is C/C(=C\c1ccccc1)C(=O)n1nnc2ccccc21. The lowest BCUT2D eigenvalue weighted by Gasteiger charge is -2.01. The molecule has 0 spiro atoms. The van der Waals surface area contributed by atoms with E-state index in [1.54, 1.807) is 6.92 Å². The van der Waals surface area contributed by atoms with Crippen LogP contribution < -0.4 is 0 Å². The first kappa shape index (κ1) is 12.3. The lowest BCUT2D eigenvalue weighted by molar-refractivity contribution is 0.0944. The van der Waals surface area contributed by atoms with E-state index in [-0.39, 0.29) is 5.91 Å². The monoisotopic (exact) mass is 263 g/mol. The number of carbonyl (C=O) groups is 1. The Balaban J connectivity index is 1.98. The van der Waals surface area contributed by atoms with Crippen LogP contribution in [0.1, 0.15) is 17.3 Å². The quantitative estimate of drug-likeness (QED) is 0.667. The first-order valence-corrected chi connectivity index (χ1v) is 6.34. The van der Waals surface area contributed by atoms with Crippen LogP contribution in [0.25, 0.3) is 17.1 Å². The number of fused-ring (bicyclic) bond motifs is 1. The van der Waals surface area contributed by atoms with Crippen molar-refractivity contribution in [1.82, 2.24) is 15.0 Å². The number of rotatable bonds is 2. The number of allylic oxidation sites excluding steroid dienone is 1. The van der Waals surface area contributed by atoms with Crippen molar-refractivity contribution in [1.29, 1.82) is 0 Å². The highest BCUT2D eigenvalue weighted by Gasteiger charge is 2.13. The number of aromatic nitrogens is 3. The molecule has 4 nitrogen and oxygen atoms in total. The van der Waals surface area contributed by atoms with Crippen LogP contribution in [0.15, 0.2) is 60.2 Å². The van der Waals surface area contributed by atoms with Crippen LogP contribution in [-0.2, 0) is 0 Å². The lowest BCUT2D eigenvalue weighted by atomic mass is 10.1. The van der Waals surface area contributed by atoms with Gasteiger partial charge in [0.2, 0.25) is 0 Å². The van der Waals surface area contributed by atoms with Gasteiger partial charge in [-0.15, -0.1) is 5.10 Å². The fourth-order valence-electron chi connectivity index (χ4n) is 2.05. The second-order valence-corrected chi connectivity index (χ2v) is 4.53. The Morgan fingerprint density at radius 2 is 1.75 bits per heavy atom. The standard InChI is InChI=1S/C16H13N3O/c1-12(11-13-7-3-2-4-8-13)16(20)19-15-10-6-5-9-14(15)17-18-19/h2-11H,1H3/b12-11+. The molecule has 3 aromatic rings. The fraction of sp³-hybridized carbons (Fsp3) is 0.0625. The highest BCUT2D eigenvalue weighted by Crippen LogP contribution is 2.13. The lowest BCUT2D eigenvalue weighted by Crippen LogP contribution is -2.13. The molecule has 1 heterocycles. The Labute approximate surface area is 116 Å². The van der Waals surface area contributed by atoms with Gasteiger partial charge in [-0.1, -0.05) is 47.7 Å². The zero-order valence-electron chi connectivity index (χ0n) is 11.0. The summed E-state index contributed by atoms with van der Waals surface area (Å²) in [5, 5.41) is 7.93. The van der Waals surface area contributed by atoms with Crippen LogP contribution in [-0.4, -0.2) is 20.9 Å². The molecule has 1 aromatic heterocycles. The zero-order chi connectivity index (χ0) is 13.9.